The summed E-state index contributed by atoms with van der Waals surface area (Å²) in [5, 5.41) is 9.04. The van der Waals surface area contributed by atoms with E-state index in [4.69, 9.17) is 16.9 Å². The standard InChI is InChI=1S/C12H12ClN5O/c13-11-15-6-9-10(17-11)18(12(19)16-9)8-3-1-7(5-14)2-4-8/h6-8H,1-4H2,(H,16,19)/t7-,8-. The Balaban J connectivity index is 2.01. The van der Waals surface area contributed by atoms with E-state index < -0.39 is 0 Å². The van der Waals surface area contributed by atoms with Crippen molar-refractivity contribution in [2.75, 3.05) is 0 Å². The van der Waals surface area contributed by atoms with Gasteiger partial charge in [0.1, 0.15) is 5.52 Å². The first-order chi connectivity index (χ1) is 9.19. The summed E-state index contributed by atoms with van der Waals surface area (Å²) in [5.41, 5.74) is 0.953. The van der Waals surface area contributed by atoms with Crippen LogP contribution in [-0.2, 0) is 0 Å². The summed E-state index contributed by atoms with van der Waals surface area (Å²) in [4.78, 5) is 22.8. The quantitative estimate of drug-likeness (QED) is 0.808. The summed E-state index contributed by atoms with van der Waals surface area (Å²) >= 11 is 5.79. The van der Waals surface area contributed by atoms with Crippen LogP contribution in [0.15, 0.2) is 11.0 Å². The predicted octanol–water partition coefficient (Wildman–Crippen LogP) is 2.03. The molecule has 0 saturated heterocycles. The molecular weight excluding hydrogens is 266 g/mol. The number of imidazole rings is 1. The molecule has 3 rings (SSSR count). The van der Waals surface area contributed by atoms with Crippen LogP contribution in [0.25, 0.3) is 11.2 Å². The fraction of sp³-hybridized carbons (Fsp3) is 0.500. The van der Waals surface area contributed by atoms with Crippen LogP contribution in [0, 0.1) is 17.2 Å². The molecule has 1 aliphatic carbocycles. The zero-order valence-corrected chi connectivity index (χ0v) is 10.9. The van der Waals surface area contributed by atoms with Gasteiger partial charge in [0.05, 0.1) is 12.3 Å². The number of fused-ring (bicyclic) bond motifs is 1. The second kappa shape index (κ2) is 4.67. The van der Waals surface area contributed by atoms with Crippen molar-refractivity contribution >= 4 is 22.8 Å². The van der Waals surface area contributed by atoms with Gasteiger partial charge in [-0.1, -0.05) is 0 Å². The number of halogens is 1. The number of rotatable bonds is 1. The maximum absolute atomic E-state index is 12.0. The largest absolute Gasteiger partial charge is 0.327 e. The number of nitrogens with one attached hydrogen (secondary N) is 1. The molecule has 1 fully saturated rings. The van der Waals surface area contributed by atoms with E-state index in [1.54, 1.807) is 4.57 Å². The smallest absolute Gasteiger partial charge is 0.303 e. The molecule has 1 aliphatic rings. The lowest BCUT2D eigenvalue weighted by Crippen LogP contribution is -2.26. The number of hydrogen-bond donors (Lipinski definition) is 1. The first-order valence-corrected chi connectivity index (χ1v) is 6.59. The normalized spacial score (nSPS) is 23.4. The van der Waals surface area contributed by atoms with Gasteiger partial charge >= 0.3 is 5.69 Å². The molecule has 0 unspecified atom stereocenters. The lowest BCUT2D eigenvalue weighted by Gasteiger charge is -2.25. The van der Waals surface area contributed by atoms with E-state index >= 15 is 0 Å². The molecule has 1 saturated carbocycles. The van der Waals surface area contributed by atoms with E-state index in [2.05, 4.69) is 21.0 Å². The Bertz CT molecular complexity index is 705. The molecule has 0 atom stereocenters. The molecule has 0 spiro atoms. The molecule has 0 amide bonds. The molecule has 0 bridgehead atoms. The van der Waals surface area contributed by atoms with Crippen LogP contribution in [0.2, 0.25) is 5.28 Å². The molecule has 1 N–H and O–H groups in total. The van der Waals surface area contributed by atoms with E-state index in [0.717, 1.165) is 25.7 Å². The monoisotopic (exact) mass is 277 g/mol. The molecule has 2 aromatic rings. The number of aromatic amines is 1. The average molecular weight is 278 g/mol. The van der Waals surface area contributed by atoms with Crippen LogP contribution in [0.4, 0.5) is 0 Å². The van der Waals surface area contributed by atoms with Crippen LogP contribution in [0.1, 0.15) is 31.7 Å². The van der Waals surface area contributed by atoms with E-state index in [-0.39, 0.29) is 22.9 Å². The van der Waals surface area contributed by atoms with Gasteiger partial charge < -0.3 is 4.98 Å². The summed E-state index contributed by atoms with van der Waals surface area (Å²) < 4.78 is 1.65. The Kier molecular flexibility index (Phi) is 2.99. The number of nitrogens with zero attached hydrogens (tertiary/aromatic N) is 4. The van der Waals surface area contributed by atoms with Crippen molar-refractivity contribution in [1.82, 2.24) is 19.5 Å². The molecule has 6 nitrogen and oxygen atoms in total. The Hall–Kier alpha value is -1.87. The Morgan fingerprint density at radius 3 is 2.84 bits per heavy atom. The van der Waals surface area contributed by atoms with Crippen LogP contribution < -0.4 is 5.69 Å². The van der Waals surface area contributed by atoms with Gasteiger partial charge in [0.25, 0.3) is 0 Å². The highest BCUT2D eigenvalue weighted by Gasteiger charge is 2.25. The maximum atomic E-state index is 12.0. The molecule has 0 radical (unpaired) electrons. The van der Waals surface area contributed by atoms with Gasteiger partial charge in [0, 0.05) is 12.0 Å². The van der Waals surface area contributed by atoms with Gasteiger partial charge in [-0.05, 0) is 37.3 Å². The van der Waals surface area contributed by atoms with Crippen LogP contribution in [0.3, 0.4) is 0 Å². The molecule has 7 heteroatoms. The van der Waals surface area contributed by atoms with E-state index in [0.29, 0.717) is 11.2 Å². The highest BCUT2D eigenvalue weighted by atomic mass is 35.5. The van der Waals surface area contributed by atoms with Crippen molar-refractivity contribution in [3.63, 3.8) is 0 Å². The number of nitriles is 1. The summed E-state index contributed by atoms with van der Waals surface area (Å²) in [7, 11) is 0. The van der Waals surface area contributed by atoms with Gasteiger partial charge in [-0.15, -0.1) is 0 Å². The summed E-state index contributed by atoms with van der Waals surface area (Å²) in [6.07, 6.45) is 4.78. The lowest BCUT2D eigenvalue weighted by atomic mass is 9.87. The van der Waals surface area contributed by atoms with Gasteiger partial charge in [-0.25, -0.2) is 9.78 Å². The third-order valence-electron chi connectivity index (χ3n) is 3.67. The molecule has 2 heterocycles. The van der Waals surface area contributed by atoms with Crippen LogP contribution >= 0.6 is 11.6 Å². The zero-order chi connectivity index (χ0) is 13.4. The van der Waals surface area contributed by atoms with Gasteiger partial charge in [-0.2, -0.15) is 10.2 Å². The van der Waals surface area contributed by atoms with Crippen molar-refractivity contribution in [2.24, 2.45) is 5.92 Å². The Morgan fingerprint density at radius 1 is 1.42 bits per heavy atom. The van der Waals surface area contributed by atoms with Crippen LogP contribution in [-0.4, -0.2) is 19.5 Å². The topological polar surface area (TPSA) is 87.4 Å². The van der Waals surface area contributed by atoms with Crippen molar-refractivity contribution < 1.29 is 0 Å². The number of hydrogen-bond acceptors (Lipinski definition) is 4. The van der Waals surface area contributed by atoms with Crippen LogP contribution in [0.5, 0.6) is 0 Å². The molecule has 98 valence electrons. The Labute approximate surface area is 114 Å². The fourth-order valence-electron chi connectivity index (χ4n) is 2.70. The third-order valence-corrected chi connectivity index (χ3v) is 3.85. The van der Waals surface area contributed by atoms with Gasteiger partial charge in [0.15, 0.2) is 5.65 Å². The molecule has 0 aromatic carbocycles. The zero-order valence-electron chi connectivity index (χ0n) is 10.1. The third kappa shape index (κ3) is 2.10. The highest BCUT2D eigenvalue weighted by Crippen LogP contribution is 2.32. The van der Waals surface area contributed by atoms with E-state index in [9.17, 15) is 4.79 Å². The van der Waals surface area contributed by atoms with Crippen molar-refractivity contribution in [1.29, 1.82) is 5.26 Å². The second-order valence-corrected chi connectivity index (χ2v) is 5.15. The highest BCUT2D eigenvalue weighted by molar-refractivity contribution is 6.28. The number of H-pyrrole nitrogens is 1. The molecular formula is C12H12ClN5O. The maximum Gasteiger partial charge on any atom is 0.327 e. The molecule has 0 aliphatic heterocycles. The SMILES string of the molecule is N#C[C@H]1CC[C@H](n2c(=O)[nH]c3cnc(Cl)nc32)CC1. The summed E-state index contributed by atoms with van der Waals surface area (Å²) in [6.45, 7) is 0. The average Bonchev–Trinajstić information content (AvgIpc) is 2.74. The number of aromatic nitrogens is 4. The molecule has 2 aromatic heterocycles. The van der Waals surface area contributed by atoms with Crippen molar-refractivity contribution in [3.05, 3.63) is 22.0 Å². The minimum atomic E-state index is -0.188. The summed E-state index contributed by atoms with van der Waals surface area (Å²) in [5.74, 6) is 0.107. The van der Waals surface area contributed by atoms with Gasteiger partial charge in [-0.3, -0.25) is 4.57 Å². The first-order valence-electron chi connectivity index (χ1n) is 6.21. The van der Waals surface area contributed by atoms with E-state index in [1.807, 2.05) is 0 Å². The summed E-state index contributed by atoms with van der Waals surface area (Å²) in [6, 6.07) is 2.37. The second-order valence-electron chi connectivity index (χ2n) is 4.81. The van der Waals surface area contributed by atoms with Crippen molar-refractivity contribution in [2.45, 2.75) is 31.7 Å². The molecule has 19 heavy (non-hydrogen) atoms. The van der Waals surface area contributed by atoms with Crippen molar-refractivity contribution in [3.8, 4) is 6.07 Å². The lowest BCUT2D eigenvalue weighted by molar-refractivity contribution is 0.312. The minimum Gasteiger partial charge on any atom is -0.303 e. The van der Waals surface area contributed by atoms with Gasteiger partial charge in [0.2, 0.25) is 5.28 Å². The van der Waals surface area contributed by atoms with E-state index in [1.165, 1.54) is 6.20 Å². The first kappa shape index (κ1) is 12.2. The Morgan fingerprint density at radius 2 is 2.16 bits per heavy atom. The fourth-order valence-corrected chi connectivity index (χ4v) is 2.83. The minimum absolute atomic E-state index is 0.0804. The predicted molar refractivity (Wildman–Crippen MR) is 69.8 cm³/mol.